The third kappa shape index (κ3) is 6.16. The Hall–Kier alpha value is -2.82. The van der Waals surface area contributed by atoms with Gasteiger partial charge in [-0.25, -0.2) is 9.18 Å². The van der Waals surface area contributed by atoms with Gasteiger partial charge in [0, 0.05) is 26.7 Å². The summed E-state index contributed by atoms with van der Waals surface area (Å²) in [5, 5.41) is 3.14. The van der Waals surface area contributed by atoms with Crippen molar-refractivity contribution in [2.45, 2.75) is 31.4 Å². The van der Waals surface area contributed by atoms with Crippen molar-refractivity contribution in [2.75, 3.05) is 26.7 Å². The van der Waals surface area contributed by atoms with Crippen LogP contribution in [0.3, 0.4) is 0 Å². The maximum atomic E-state index is 13.3. The molecule has 1 aliphatic heterocycles. The number of alkyl halides is 6. The Morgan fingerprint density at radius 3 is 2.12 bits per heavy atom. The molecule has 0 bridgehead atoms. The summed E-state index contributed by atoms with van der Waals surface area (Å²) < 4.78 is 92.2. The molecule has 2 aromatic carbocycles. The van der Waals surface area contributed by atoms with Gasteiger partial charge in [-0.15, -0.1) is 0 Å². The first kappa shape index (κ1) is 24.8. The molecule has 0 radical (unpaired) electrons. The van der Waals surface area contributed by atoms with E-state index in [0.29, 0.717) is 37.2 Å². The number of amides is 2. The van der Waals surface area contributed by atoms with Gasteiger partial charge >= 0.3 is 18.4 Å². The molecule has 11 heteroatoms. The Morgan fingerprint density at radius 2 is 1.58 bits per heavy atom. The second-order valence-electron chi connectivity index (χ2n) is 7.85. The van der Waals surface area contributed by atoms with Gasteiger partial charge in [0.25, 0.3) is 0 Å². The highest BCUT2D eigenvalue weighted by Crippen LogP contribution is 2.36. The fraction of sp³-hybridized carbons (Fsp3) is 0.409. The first-order valence-corrected chi connectivity index (χ1v) is 10.1. The van der Waals surface area contributed by atoms with Crippen LogP contribution in [0.4, 0.5) is 35.5 Å². The monoisotopic (exact) mass is 477 g/mol. The molecule has 2 aromatic rings. The number of halogens is 7. The summed E-state index contributed by atoms with van der Waals surface area (Å²) in [7, 11) is 1.32. The van der Waals surface area contributed by atoms with Gasteiger partial charge in [-0.2, -0.15) is 26.3 Å². The quantitative estimate of drug-likeness (QED) is 0.597. The van der Waals surface area contributed by atoms with Crippen molar-refractivity contribution in [3.8, 4) is 0 Å². The van der Waals surface area contributed by atoms with Crippen molar-refractivity contribution in [3.63, 3.8) is 0 Å². The van der Waals surface area contributed by atoms with E-state index >= 15 is 0 Å². The van der Waals surface area contributed by atoms with Gasteiger partial charge in [0.2, 0.25) is 0 Å². The highest BCUT2D eigenvalue weighted by Gasteiger charge is 2.37. The molecule has 4 nitrogen and oxygen atoms in total. The molecule has 1 saturated heterocycles. The summed E-state index contributed by atoms with van der Waals surface area (Å²) in [4.78, 5) is 15.7. The Balaban J connectivity index is 1.87. The van der Waals surface area contributed by atoms with E-state index in [9.17, 15) is 35.5 Å². The summed E-state index contributed by atoms with van der Waals surface area (Å²) in [6.07, 6.45) is -9.43. The summed E-state index contributed by atoms with van der Waals surface area (Å²) >= 11 is 0. The Bertz CT molecular complexity index is 941. The van der Waals surface area contributed by atoms with Gasteiger partial charge in [0.05, 0.1) is 17.2 Å². The molecule has 1 unspecified atom stereocenters. The highest BCUT2D eigenvalue weighted by molar-refractivity contribution is 5.75. The van der Waals surface area contributed by atoms with Gasteiger partial charge in [0.1, 0.15) is 5.82 Å². The third-order valence-corrected chi connectivity index (χ3v) is 5.39. The van der Waals surface area contributed by atoms with Crippen molar-refractivity contribution < 1.29 is 35.5 Å². The molecule has 1 atom stereocenters. The van der Waals surface area contributed by atoms with Gasteiger partial charge in [-0.05, 0) is 54.4 Å². The number of hydrogen-bond acceptors (Lipinski definition) is 2. The third-order valence-electron chi connectivity index (χ3n) is 5.39. The Morgan fingerprint density at radius 1 is 1.00 bits per heavy atom. The van der Waals surface area contributed by atoms with Crippen molar-refractivity contribution in [1.82, 2.24) is 15.1 Å². The van der Waals surface area contributed by atoms with Gasteiger partial charge in [-0.1, -0.05) is 12.1 Å². The van der Waals surface area contributed by atoms with Gasteiger partial charge < -0.3 is 15.1 Å². The molecule has 1 heterocycles. The molecule has 0 aromatic heterocycles. The van der Waals surface area contributed by atoms with Crippen LogP contribution in [0.5, 0.6) is 0 Å². The molecular weight excluding hydrogens is 455 g/mol. The number of hydrogen-bond donors (Lipinski definition) is 1. The minimum Gasteiger partial charge on any atom is -0.323 e. The first-order valence-electron chi connectivity index (χ1n) is 10.1. The molecule has 1 aliphatic rings. The number of nitrogens with zero attached hydrogens (tertiary/aromatic N) is 2. The first-order chi connectivity index (χ1) is 15.4. The van der Waals surface area contributed by atoms with Gasteiger partial charge in [0.15, 0.2) is 0 Å². The molecule has 2 amide bonds. The van der Waals surface area contributed by atoms with Crippen molar-refractivity contribution in [2.24, 2.45) is 0 Å². The van der Waals surface area contributed by atoms with Crippen molar-refractivity contribution in [3.05, 3.63) is 70.5 Å². The topological polar surface area (TPSA) is 35.6 Å². The smallest absolute Gasteiger partial charge is 0.323 e. The van der Waals surface area contributed by atoms with Crippen LogP contribution < -0.4 is 5.32 Å². The zero-order chi connectivity index (χ0) is 24.4. The SMILES string of the molecule is CN(Cc1cc(C(F)(F)F)cc(C(F)(F)F)c1)C(=O)N1CCNCCC1c1ccc(F)cc1. The lowest BCUT2D eigenvalue weighted by molar-refractivity contribution is -0.143. The maximum Gasteiger partial charge on any atom is 0.416 e. The van der Waals surface area contributed by atoms with E-state index < -0.39 is 47.9 Å². The van der Waals surface area contributed by atoms with Crippen molar-refractivity contribution >= 4 is 6.03 Å². The van der Waals surface area contributed by atoms with Crippen LogP contribution in [0.2, 0.25) is 0 Å². The van der Waals surface area contributed by atoms with E-state index in [4.69, 9.17) is 0 Å². The van der Waals surface area contributed by atoms with E-state index in [2.05, 4.69) is 5.32 Å². The van der Waals surface area contributed by atoms with E-state index in [0.717, 1.165) is 4.90 Å². The minimum absolute atomic E-state index is 0.0519. The molecule has 33 heavy (non-hydrogen) atoms. The predicted molar refractivity (Wildman–Crippen MR) is 107 cm³/mol. The van der Waals surface area contributed by atoms with Crippen LogP contribution in [0.15, 0.2) is 42.5 Å². The van der Waals surface area contributed by atoms with Crippen LogP contribution in [-0.4, -0.2) is 42.5 Å². The van der Waals surface area contributed by atoms with E-state index in [-0.39, 0.29) is 18.2 Å². The summed E-state index contributed by atoms with van der Waals surface area (Å²) in [6.45, 7) is 0.852. The van der Waals surface area contributed by atoms with E-state index in [1.807, 2.05) is 0 Å². The normalized spacial score (nSPS) is 17.6. The summed E-state index contributed by atoms with van der Waals surface area (Å²) in [5.41, 5.74) is -2.48. The van der Waals surface area contributed by atoms with E-state index in [1.165, 1.54) is 24.1 Å². The number of nitrogens with one attached hydrogen (secondary N) is 1. The molecule has 0 saturated carbocycles. The average molecular weight is 477 g/mol. The van der Waals surface area contributed by atoms with Crippen LogP contribution in [0.1, 0.15) is 34.7 Å². The molecule has 0 aliphatic carbocycles. The number of carbonyl (C=O) groups excluding carboxylic acids is 1. The summed E-state index contributed by atoms with van der Waals surface area (Å²) in [6, 6.07) is 5.92. The number of benzene rings is 2. The van der Waals surface area contributed by atoms with Crippen molar-refractivity contribution in [1.29, 1.82) is 0 Å². The lowest BCUT2D eigenvalue weighted by Crippen LogP contribution is -2.44. The fourth-order valence-corrected chi connectivity index (χ4v) is 3.81. The number of carbonyl (C=O) groups is 1. The molecular formula is C22H22F7N3O. The summed E-state index contributed by atoms with van der Waals surface area (Å²) in [5.74, 6) is -0.439. The van der Waals surface area contributed by atoms with E-state index in [1.54, 1.807) is 12.1 Å². The molecule has 1 fully saturated rings. The average Bonchev–Trinajstić information content (AvgIpc) is 2.98. The molecule has 180 valence electrons. The zero-order valence-electron chi connectivity index (χ0n) is 17.6. The Labute approximate surface area is 186 Å². The second-order valence-corrected chi connectivity index (χ2v) is 7.85. The van der Waals surface area contributed by atoms with Crippen LogP contribution in [-0.2, 0) is 18.9 Å². The fourth-order valence-electron chi connectivity index (χ4n) is 3.81. The predicted octanol–water partition coefficient (Wildman–Crippen LogP) is 5.45. The number of urea groups is 1. The second kappa shape index (κ2) is 9.58. The lowest BCUT2D eigenvalue weighted by atomic mass is 10.0. The molecule has 3 rings (SSSR count). The highest BCUT2D eigenvalue weighted by atomic mass is 19.4. The maximum absolute atomic E-state index is 13.3. The largest absolute Gasteiger partial charge is 0.416 e. The number of rotatable bonds is 3. The van der Waals surface area contributed by atoms with Crippen LogP contribution >= 0.6 is 0 Å². The van der Waals surface area contributed by atoms with Gasteiger partial charge in [-0.3, -0.25) is 0 Å². The minimum atomic E-state index is -4.97. The Kier molecular flexibility index (Phi) is 7.20. The molecule has 0 spiro atoms. The zero-order valence-corrected chi connectivity index (χ0v) is 17.6. The molecule has 1 N–H and O–H groups in total. The lowest BCUT2D eigenvalue weighted by Gasteiger charge is -2.34. The standard InChI is InChI=1S/C22H22F7N3O/c1-31(13-14-10-16(21(24,25)26)12-17(11-14)22(27,28)29)20(33)32-9-8-30-7-6-19(32)15-2-4-18(23)5-3-15/h2-5,10-12,19,30H,6-9,13H2,1H3. The van der Waals surface area contributed by atoms with Crippen LogP contribution in [0, 0.1) is 5.82 Å². The van der Waals surface area contributed by atoms with Crippen LogP contribution in [0.25, 0.3) is 0 Å².